The average Bonchev–Trinajstić information content (AvgIpc) is 2.84. The van der Waals surface area contributed by atoms with E-state index in [2.05, 4.69) is 37.1 Å². The van der Waals surface area contributed by atoms with Gasteiger partial charge in [-0.15, -0.1) is 0 Å². The Morgan fingerprint density at radius 1 is 1.05 bits per heavy atom. The van der Waals surface area contributed by atoms with E-state index < -0.39 is 0 Å². The van der Waals surface area contributed by atoms with Crippen molar-refractivity contribution < 1.29 is 5.11 Å². The van der Waals surface area contributed by atoms with E-state index in [1.54, 1.807) is 0 Å². The minimum atomic E-state index is 0.274. The van der Waals surface area contributed by atoms with Crippen molar-refractivity contribution >= 4 is 0 Å². The lowest BCUT2D eigenvalue weighted by Crippen LogP contribution is -2.01. The molecule has 0 saturated carbocycles. The van der Waals surface area contributed by atoms with Crippen LogP contribution in [-0.4, -0.2) is 14.9 Å². The number of aromatic hydroxyl groups is 1. The van der Waals surface area contributed by atoms with Crippen molar-refractivity contribution in [3.8, 4) is 22.7 Å². The fourth-order valence-electron chi connectivity index (χ4n) is 2.72. The van der Waals surface area contributed by atoms with Gasteiger partial charge in [0, 0.05) is 5.56 Å². The molecule has 0 amide bonds. The van der Waals surface area contributed by atoms with E-state index in [0.717, 1.165) is 33.8 Å². The number of nitrogens with zero attached hydrogens (tertiary/aromatic N) is 2. The highest BCUT2D eigenvalue weighted by Crippen LogP contribution is 2.35. The van der Waals surface area contributed by atoms with Crippen molar-refractivity contribution in [2.45, 2.75) is 27.2 Å². The van der Waals surface area contributed by atoms with Gasteiger partial charge in [0.05, 0.1) is 5.69 Å². The lowest BCUT2D eigenvalue weighted by Gasteiger charge is -2.11. The van der Waals surface area contributed by atoms with Crippen LogP contribution < -0.4 is 0 Å². The number of aromatic nitrogens is 2. The van der Waals surface area contributed by atoms with E-state index in [1.807, 2.05) is 41.9 Å². The third kappa shape index (κ3) is 2.39. The van der Waals surface area contributed by atoms with Crippen LogP contribution >= 0.6 is 0 Å². The van der Waals surface area contributed by atoms with Crippen LogP contribution in [0.15, 0.2) is 48.5 Å². The highest BCUT2D eigenvalue weighted by molar-refractivity contribution is 5.71. The number of hydrogen-bond donors (Lipinski definition) is 1. The van der Waals surface area contributed by atoms with Crippen molar-refractivity contribution in [3.63, 3.8) is 0 Å². The van der Waals surface area contributed by atoms with Gasteiger partial charge in [-0.05, 0) is 38.0 Å². The molecule has 0 aliphatic heterocycles. The van der Waals surface area contributed by atoms with E-state index in [1.165, 1.54) is 0 Å². The topological polar surface area (TPSA) is 38.0 Å². The summed E-state index contributed by atoms with van der Waals surface area (Å²) in [6, 6.07) is 16.2. The van der Waals surface area contributed by atoms with Gasteiger partial charge in [0.2, 0.25) is 0 Å². The molecule has 0 spiro atoms. The van der Waals surface area contributed by atoms with Crippen LogP contribution in [0.5, 0.6) is 5.75 Å². The lowest BCUT2D eigenvalue weighted by molar-refractivity contribution is 0.471. The zero-order valence-corrected chi connectivity index (χ0v) is 13.2. The number of para-hydroxylation sites is 1. The monoisotopic (exact) mass is 292 g/mol. The van der Waals surface area contributed by atoms with Crippen LogP contribution in [0.4, 0.5) is 0 Å². The van der Waals surface area contributed by atoms with Crippen LogP contribution in [0.2, 0.25) is 0 Å². The molecule has 2 aromatic carbocycles. The molecule has 3 aromatic rings. The van der Waals surface area contributed by atoms with E-state index in [-0.39, 0.29) is 5.75 Å². The van der Waals surface area contributed by atoms with Gasteiger partial charge >= 0.3 is 0 Å². The van der Waals surface area contributed by atoms with E-state index in [0.29, 0.717) is 6.42 Å². The SMILES string of the molecule is CCc1nn(-c2ccccc2C)c(-c2cccc(C)c2)c1O. The molecule has 0 unspecified atom stereocenters. The summed E-state index contributed by atoms with van der Waals surface area (Å²) in [7, 11) is 0. The average molecular weight is 292 g/mol. The summed E-state index contributed by atoms with van der Waals surface area (Å²) in [4.78, 5) is 0. The first-order valence-corrected chi connectivity index (χ1v) is 7.55. The second-order valence-corrected chi connectivity index (χ2v) is 5.57. The van der Waals surface area contributed by atoms with Gasteiger partial charge in [0.25, 0.3) is 0 Å². The fraction of sp³-hybridized carbons (Fsp3) is 0.211. The Balaban J connectivity index is 2.29. The predicted octanol–water partition coefficient (Wildman–Crippen LogP) is 4.42. The fourth-order valence-corrected chi connectivity index (χ4v) is 2.72. The number of hydrogen-bond acceptors (Lipinski definition) is 2. The first kappa shape index (κ1) is 14.4. The Morgan fingerprint density at radius 2 is 1.82 bits per heavy atom. The summed E-state index contributed by atoms with van der Waals surface area (Å²) in [6.45, 7) is 6.11. The van der Waals surface area contributed by atoms with Gasteiger partial charge in [-0.1, -0.05) is 48.9 Å². The molecule has 22 heavy (non-hydrogen) atoms. The summed E-state index contributed by atoms with van der Waals surface area (Å²) in [5.74, 6) is 0.274. The number of aryl methyl sites for hydroxylation is 3. The summed E-state index contributed by atoms with van der Waals surface area (Å²) in [5.41, 5.74) is 5.74. The maximum atomic E-state index is 10.6. The van der Waals surface area contributed by atoms with Crippen molar-refractivity contribution in [1.82, 2.24) is 9.78 Å². The molecule has 1 aromatic heterocycles. The van der Waals surface area contributed by atoms with Crippen LogP contribution in [0.25, 0.3) is 16.9 Å². The second-order valence-electron chi connectivity index (χ2n) is 5.57. The molecular weight excluding hydrogens is 272 g/mol. The van der Waals surface area contributed by atoms with Crippen molar-refractivity contribution in [2.24, 2.45) is 0 Å². The van der Waals surface area contributed by atoms with Gasteiger partial charge in [-0.3, -0.25) is 0 Å². The number of benzene rings is 2. The van der Waals surface area contributed by atoms with Gasteiger partial charge in [-0.2, -0.15) is 5.10 Å². The molecule has 0 aliphatic rings. The Labute approximate surface area is 130 Å². The third-order valence-electron chi connectivity index (χ3n) is 3.90. The standard InChI is InChI=1S/C19H20N2O/c1-4-16-19(22)18(15-10-7-8-13(2)12-15)21(20-16)17-11-6-5-9-14(17)3/h5-12,22H,4H2,1-3H3. The minimum Gasteiger partial charge on any atom is -0.504 e. The smallest absolute Gasteiger partial charge is 0.165 e. The molecule has 0 saturated heterocycles. The summed E-state index contributed by atoms with van der Waals surface area (Å²) in [6.07, 6.45) is 0.698. The summed E-state index contributed by atoms with van der Waals surface area (Å²) >= 11 is 0. The van der Waals surface area contributed by atoms with E-state index >= 15 is 0 Å². The molecule has 0 atom stereocenters. The molecule has 1 heterocycles. The lowest BCUT2D eigenvalue weighted by atomic mass is 10.1. The van der Waals surface area contributed by atoms with Gasteiger partial charge in [-0.25, -0.2) is 4.68 Å². The molecule has 1 N–H and O–H groups in total. The molecule has 3 rings (SSSR count). The van der Waals surface area contributed by atoms with Gasteiger partial charge < -0.3 is 5.11 Å². The van der Waals surface area contributed by atoms with Crippen molar-refractivity contribution in [1.29, 1.82) is 0 Å². The maximum absolute atomic E-state index is 10.6. The molecule has 0 fully saturated rings. The van der Waals surface area contributed by atoms with Crippen LogP contribution in [0.1, 0.15) is 23.7 Å². The highest BCUT2D eigenvalue weighted by atomic mass is 16.3. The van der Waals surface area contributed by atoms with E-state index in [9.17, 15) is 5.11 Å². The van der Waals surface area contributed by atoms with Crippen LogP contribution in [0.3, 0.4) is 0 Å². The van der Waals surface area contributed by atoms with Gasteiger partial charge in [0.15, 0.2) is 5.75 Å². The molecule has 0 bridgehead atoms. The quantitative estimate of drug-likeness (QED) is 0.775. The van der Waals surface area contributed by atoms with Crippen molar-refractivity contribution in [3.05, 3.63) is 65.4 Å². The Morgan fingerprint density at radius 3 is 2.50 bits per heavy atom. The zero-order valence-electron chi connectivity index (χ0n) is 13.2. The summed E-state index contributed by atoms with van der Waals surface area (Å²) < 4.78 is 1.86. The third-order valence-corrected chi connectivity index (χ3v) is 3.90. The minimum absolute atomic E-state index is 0.274. The predicted molar refractivity (Wildman–Crippen MR) is 89.5 cm³/mol. The Bertz CT molecular complexity index is 818. The Kier molecular flexibility index (Phi) is 3.72. The molecule has 112 valence electrons. The van der Waals surface area contributed by atoms with Crippen LogP contribution in [-0.2, 0) is 6.42 Å². The molecule has 0 radical (unpaired) electrons. The molecule has 3 nitrogen and oxygen atoms in total. The highest BCUT2D eigenvalue weighted by Gasteiger charge is 2.19. The first-order chi connectivity index (χ1) is 10.6. The summed E-state index contributed by atoms with van der Waals surface area (Å²) in [5, 5.41) is 15.3. The van der Waals surface area contributed by atoms with Gasteiger partial charge in [0.1, 0.15) is 11.4 Å². The van der Waals surface area contributed by atoms with Crippen molar-refractivity contribution in [2.75, 3.05) is 0 Å². The molecular formula is C19H20N2O. The zero-order chi connectivity index (χ0) is 15.7. The van der Waals surface area contributed by atoms with Crippen LogP contribution in [0, 0.1) is 13.8 Å². The largest absolute Gasteiger partial charge is 0.504 e. The Hall–Kier alpha value is -2.55. The second kappa shape index (κ2) is 5.68. The number of rotatable bonds is 3. The first-order valence-electron chi connectivity index (χ1n) is 7.55. The molecule has 3 heteroatoms. The maximum Gasteiger partial charge on any atom is 0.165 e. The van der Waals surface area contributed by atoms with E-state index in [4.69, 9.17) is 0 Å². The molecule has 0 aliphatic carbocycles. The normalized spacial score (nSPS) is 10.9.